The zero-order chi connectivity index (χ0) is 22.0. The number of nitro benzene ring substituents is 1. The molecule has 156 valence electrons. The number of hydrogen-bond donors (Lipinski definition) is 0. The van der Waals surface area contributed by atoms with Crippen molar-refractivity contribution in [1.82, 2.24) is 4.57 Å². The molecule has 0 unspecified atom stereocenters. The molecular formula is C20H16Cl3N3O3S. The number of aromatic nitrogens is 1. The van der Waals surface area contributed by atoms with Gasteiger partial charge < -0.3 is 4.57 Å². The molecule has 0 aliphatic heterocycles. The molecule has 6 nitrogen and oxygen atoms in total. The molecule has 0 N–H and O–H groups in total. The third kappa shape index (κ3) is 4.44. The number of halogens is 3. The van der Waals surface area contributed by atoms with Gasteiger partial charge in [0.05, 0.1) is 20.7 Å². The van der Waals surface area contributed by atoms with E-state index in [1.54, 1.807) is 12.1 Å². The Morgan fingerprint density at radius 3 is 2.40 bits per heavy atom. The molecule has 3 aromatic rings. The van der Waals surface area contributed by atoms with Crippen molar-refractivity contribution in [2.45, 2.75) is 26.8 Å². The summed E-state index contributed by atoms with van der Waals surface area (Å²) in [5, 5.41) is 12.0. The van der Waals surface area contributed by atoms with Crippen LogP contribution in [0.25, 0.3) is 11.3 Å². The molecule has 2 aromatic carbocycles. The van der Waals surface area contributed by atoms with Crippen molar-refractivity contribution in [1.29, 1.82) is 0 Å². The molecule has 0 aliphatic rings. The lowest BCUT2D eigenvalue weighted by molar-refractivity contribution is -0.384. The summed E-state index contributed by atoms with van der Waals surface area (Å²) in [6.07, 6.45) is 0.733. The quantitative estimate of drug-likeness (QED) is 0.310. The van der Waals surface area contributed by atoms with Gasteiger partial charge in [0.2, 0.25) is 0 Å². The van der Waals surface area contributed by atoms with E-state index in [9.17, 15) is 14.9 Å². The lowest BCUT2D eigenvalue weighted by Crippen LogP contribution is -2.17. The fraction of sp³-hybridized carbons (Fsp3) is 0.200. The molecule has 10 heteroatoms. The summed E-state index contributed by atoms with van der Waals surface area (Å²) < 4.78 is 1.92. The first-order chi connectivity index (χ1) is 14.3. The van der Waals surface area contributed by atoms with Gasteiger partial charge >= 0.3 is 0 Å². The number of benzene rings is 2. The van der Waals surface area contributed by atoms with Gasteiger partial charge in [0.15, 0.2) is 4.80 Å². The lowest BCUT2D eigenvalue weighted by Gasteiger charge is -2.09. The fourth-order valence-corrected chi connectivity index (χ4v) is 4.61. The number of nitrogens with zero attached hydrogens (tertiary/aromatic N) is 3. The molecule has 0 radical (unpaired) electrons. The second-order valence-electron chi connectivity index (χ2n) is 6.22. The van der Waals surface area contributed by atoms with Gasteiger partial charge in [0.25, 0.3) is 11.6 Å². The summed E-state index contributed by atoms with van der Waals surface area (Å²) in [5.41, 5.74) is 1.54. The van der Waals surface area contributed by atoms with E-state index in [-0.39, 0.29) is 16.3 Å². The van der Waals surface area contributed by atoms with E-state index in [0.29, 0.717) is 21.4 Å². The Balaban J connectivity index is 2.15. The zero-order valence-corrected chi connectivity index (χ0v) is 19.1. The molecule has 0 fully saturated rings. The maximum Gasteiger partial charge on any atom is 0.288 e. The van der Waals surface area contributed by atoms with Gasteiger partial charge in [-0.25, -0.2) is 0 Å². The number of amides is 1. The van der Waals surface area contributed by atoms with E-state index in [1.165, 1.54) is 23.5 Å². The summed E-state index contributed by atoms with van der Waals surface area (Å²) in [6, 6.07) is 9.26. The van der Waals surface area contributed by atoms with Crippen molar-refractivity contribution in [3.8, 4) is 11.3 Å². The molecule has 1 aromatic heterocycles. The number of hydrogen-bond acceptors (Lipinski definition) is 4. The van der Waals surface area contributed by atoms with E-state index in [0.717, 1.165) is 28.6 Å². The van der Waals surface area contributed by atoms with Gasteiger partial charge in [-0.3, -0.25) is 14.9 Å². The van der Waals surface area contributed by atoms with Crippen molar-refractivity contribution in [3.05, 3.63) is 76.8 Å². The predicted octanol–water partition coefficient (Wildman–Crippen LogP) is 6.41. The molecule has 1 amide bonds. The SMILES string of the molecule is CCc1sc(=NC(=O)c2ccc(Cl)c([N+](=O)[O-])c2)n(CC)c1-c1ccc(Cl)c(Cl)c1. The number of rotatable bonds is 5. The molecule has 3 rings (SSSR count). The highest BCUT2D eigenvalue weighted by atomic mass is 35.5. The van der Waals surface area contributed by atoms with Crippen LogP contribution in [0.15, 0.2) is 41.4 Å². The second kappa shape index (κ2) is 9.31. The Morgan fingerprint density at radius 1 is 1.10 bits per heavy atom. The van der Waals surface area contributed by atoms with Crippen molar-refractivity contribution in [3.63, 3.8) is 0 Å². The van der Waals surface area contributed by atoms with Crippen LogP contribution in [0, 0.1) is 10.1 Å². The minimum absolute atomic E-state index is 0.0357. The van der Waals surface area contributed by atoms with Crippen molar-refractivity contribution in [2.24, 2.45) is 4.99 Å². The van der Waals surface area contributed by atoms with Gasteiger partial charge in [0, 0.05) is 28.6 Å². The van der Waals surface area contributed by atoms with Crippen LogP contribution in [0.5, 0.6) is 0 Å². The average Bonchev–Trinajstić information content (AvgIpc) is 3.07. The highest BCUT2D eigenvalue weighted by Gasteiger charge is 2.18. The van der Waals surface area contributed by atoms with Gasteiger partial charge in [0.1, 0.15) is 5.02 Å². The van der Waals surface area contributed by atoms with E-state index >= 15 is 0 Å². The van der Waals surface area contributed by atoms with Crippen LogP contribution in [-0.2, 0) is 13.0 Å². The lowest BCUT2D eigenvalue weighted by atomic mass is 10.1. The first-order valence-electron chi connectivity index (χ1n) is 8.97. The van der Waals surface area contributed by atoms with Crippen molar-refractivity contribution >= 4 is 57.7 Å². The molecule has 0 spiro atoms. The monoisotopic (exact) mass is 483 g/mol. The van der Waals surface area contributed by atoms with Gasteiger partial charge in [-0.05, 0) is 37.6 Å². The third-order valence-corrected chi connectivity index (χ3v) is 6.68. The summed E-state index contributed by atoms with van der Waals surface area (Å²) in [6.45, 7) is 4.53. The molecule has 0 bridgehead atoms. The van der Waals surface area contributed by atoms with Crippen LogP contribution in [0.1, 0.15) is 29.1 Å². The molecule has 0 saturated heterocycles. The van der Waals surface area contributed by atoms with Gasteiger partial charge in [-0.15, -0.1) is 11.3 Å². The first-order valence-corrected chi connectivity index (χ1v) is 10.9. The van der Waals surface area contributed by atoms with Crippen LogP contribution in [0.2, 0.25) is 15.1 Å². The number of carbonyl (C=O) groups is 1. The molecule has 0 atom stereocenters. The summed E-state index contributed by atoms with van der Waals surface area (Å²) in [7, 11) is 0. The number of thiazole rings is 1. The van der Waals surface area contributed by atoms with E-state index in [1.807, 2.05) is 24.5 Å². The zero-order valence-electron chi connectivity index (χ0n) is 16.0. The highest BCUT2D eigenvalue weighted by Crippen LogP contribution is 2.32. The molecule has 0 saturated carbocycles. The Morgan fingerprint density at radius 2 is 1.80 bits per heavy atom. The summed E-state index contributed by atoms with van der Waals surface area (Å²) >= 11 is 19.5. The molecule has 0 aliphatic carbocycles. The summed E-state index contributed by atoms with van der Waals surface area (Å²) in [5.74, 6) is -0.582. The maximum atomic E-state index is 12.7. The number of nitro groups is 1. The van der Waals surface area contributed by atoms with Crippen molar-refractivity contribution < 1.29 is 9.72 Å². The molecule has 30 heavy (non-hydrogen) atoms. The molecule has 1 heterocycles. The van der Waals surface area contributed by atoms with Crippen molar-refractivity contribution in [2.75, 3.05) is 0 Å². The maximum absolute atomic E-state index is 12.7. The Bertz CT molecular complexity index is 1220. The Kier molecular flexibility index (Phi) is 6.98. The topological polar surface area (TPSA) is 77.5 Å². The predicted molar refractivity (Wildman–Crippen MR) is 121 cm³/mol. The molecular weight excluding hydrogens is 469 g/mol. The second-order valence-corrected chi connectivity index (χ2v) is 8.51. The largest absolute Gasteiger partial charge is 0.316 e. The van der Waals surface area contributed by atoms with Crippen LogP contribution in [0.3, 0.4) is 0 Å². The number of aryl methyl sites for hydroxylation is 1. The van der Waals surface area contributed by atoms with Gasteiger partial charge in [-0.2, -0.15) is 4.99 Å². The van der Waals surface area contributed by atoms with E-state index in [2.05, 4.69) is 4.99 Å². The Hall–Kier alpha value is -2.19. The van der Waals surface area contributed by atoms with Gasteiger partial charge in [-0.1, -0.05) is 47.8 Å². The van der Waals surface area contributed by atoms with Crippen LogP contribution in [0.4, 0.5) is 5.69 Å². The average molecular weight is 485 g/mol. The van der Waals surface area contributed by atoms with Crippen LogP contribution < -0.4 is 4.80 Å². The number of carbonyl (C=O) groups excluding carboxylic acids is 1. The minimum Gasteiger partial charge on any atom is -0.316 e. The first kappa shape index (κ1) is 22.5. The smallest absolute Gasteiger partial charge is 0.288 e. The van der Waals surface area contributed by atoms with Crippen LogP contribution in [-0.4, -0.2) is 15.4 Å². The Labute approximate surface area is 191 Å². The minimum atomic E-state index is -0.631. The normalized spacial score (nSPS) is 11.7. The summed E-state index contributed by atoms with van der Waals surface area (Å²) in [4.78, 5) is 29.0. The third-order valence-electron chi connectivity index (χ3n) is 4.40. The fourth-order valence-electron chi connectivity index (χ4n) is 2.97. The standard InChI is InChI=1S/C20H16Cl3N3O3S/c1-3-17-18(11-5-7-13(21)15(23)9-11)25(4-2)20(30-17)24-19(27)12-6-8-14(22)16(10-12)26(28)29/h5-10H,3-4H2,1-2H3. The van der Waals surface area contributed by atoms with E-state index in [4.69, 9.17) is 34.8 Å². The highest BCUT2D eigenvalue weighted by molar-refractivity contribution is 7.09. The van der Waals surface area contributed by atoms with E-state index < -0.39 is 10.8 Å². The van der Waals surface area contributed by atoms with Crippen LogP contribution >= 0.6 is 46.1 Å².